The molecule has 0 aliphatic carbocycles. The van der Waals surface area contributed by atoms with E-state index in [0.717, 1.165) is 6.42 Å². The van der Waals surface area contributed by atoms with Gasteiger partial charge in [-0.2, -0.15) is 0 Å². The Bertz CT molecular complexity index is 453. The van der Waals surface area contributed by atoms with Crippen LogP contribution in [-0.4, -0.2) is 24.4 Å². The number of anilines is 1. The van der Waals surface area contributed by atoms with Gasteiger partial charge in [0.2, 0.25) is 5.91 Å². The molecular weight excluding hydrogens is 257 g/mol. The van der Waals surface area contributed by atoms with Gasteiger partial charge in [-0.15, -0.1) is 11.6 Å². The number of carbonyl (C=O) groups is 1. The van der Waals surface area contributed by atoms with E-state index in [1.54, 1.807) is 11.0 Å². The molecule has 1 atom stereocenters. The van der Waals surface area contributed by atoms with Crippen LogP contribution in [-0.2, 0) is 4.79 Å². The normalized spacial score (nSPS) is 19.4. The summed E-state index contributed by atoms with van der Waals surface area (Å²) < 4.78 is 18.7. The van der Waals surface area contributed by atoms with Gasteiger partial charge < -0.3 is 9.64 Å². The van der Waals surface area contributed by atoms with Crippen molar-refractivity contribution in [2.45, 2.75) is 25.1 Å². The number of amides is 1. The lowest BCUT2D eigenvalue weighted by Gasteiger charge is -2.19. The molecule has 1 aliphatic rings. The third kappa shape index (κ3) is 2.75. The van der Waals surface area contributed by atoms with Crippen LogP contribution in [0.5, 0.6) is 5.75 Å². The van der Waals surface area contributed by atoms with Gasteiger partial charge in [0, 0.05) is 19.0 Å². The Hall–Kier alpha value is -1.29. The molecule has 0 spiro atoms. The number of alkyl halides is 1. The van der Waals surface area contributed by atoms with Gasteiger partial charge in [0.05, 0.1) is 17.7 Å². The lowest BCUT2D eigenvalue weighted by Crippen LogP contribution is -2.25. The summed E-state index contributed by atoms with van der Waals surface area (Å²) in [7, 11) is 0. The molecule has 1 amide bonds. The zero-order valence-corrected chi connectivity index (χ0v) is 10.9. The monoisotopic (exact) mass is 271 g/mol. The van der Waals surface area contributed by atoms with Crippen molar-refractivity contribution in [2.24, 2.45) is 0 Å². The van der Waals surface area contributed by atoms with Gasteiger partial charge in [-0.25, -0.2) is 4.39 Å². The molecule has 1 heterocycles. The van der Waals surface area contributed by atoms with E-state index in [2.05, 4.69) is 0 Å². The number of nitrogens with zero attached hydrogens (tertiary/aromatic N) is 1. The average molecular weight is 272 g/mol. The fourth-order valence-electron chi connectivity index (χ4n) is 1.94. The summed E-state index contributed by atoms with van der Waals surface area (Å²) in [5, 5.41) is -0.193. The first kappa shape index (κ1) is 13.1. The van der Waals surface area contributed by atoms with Gasteiger partial charge in [0.15, 0.2) is 0 Å². The highest BCUT2D eigenvalue weighted by Crippen LogP contribution is 2.33. The molecule has 5 heteroatoms. The van der Waals surface area contributed by atoms with Crippen LogP contribution in [0.2, 0.25) is 0 Å². The van der Waals surface area contributed by atoms with Crippen LogP contribution >= 0.6 is 11.6 Å². The lowest BCUT2D eigenvalue weighted by atomic mass is 10.2. The van der Waals surface area contributed by atoms with Crippen LogP contribution in [0.1, 0.15) is 19.8 Å². The Morgan fingerprint density at radius 1 is 1.56 bits per heavy atom. The first-order valence-corrected chi connectivity index (χ1v) is 6.42. The molecule has 1 fully saturated rings. The number of hydrogen-bond donors (Lipinski definition) is 0. The van der Waals surface area contributed by atoms with Gasteiger partial charge in [-0.05, 0) is 18.6 Å². The summed E-state index contributed by atoms with van der Waals surface area (Å²) in [5.41, 5.74) is 0.595. The molecule has 1 aliphatic heterocycles. The van der Waals surface area contributed by atoms with E-state index in [-0.39, 0.29) is 17.1 Å². The molecule has 0 bridgehead atoms. The van der Waals surface area contributed by atoms with Gasteiger partial charge in [0.1, 0.15) is 11.6 Å². The smallest absolute Gasteiger partial charge is 0.228 e. The SMILES string of the molecule is CCCOc1cc(F)ccc1N1CC(Cl)CC1=O. The average Bonchev–Trinajstić information content (AvgIpc) is 2.66. The van der Waals surface area contributed by atoms with Crippen LogP contribution in [0.15, 0.2) is 18.2 Å². The predicted octanol–water partition coefficient (Wildman–Crippen LogP) is 2.96. The second-order valence-corrected chi connectivity index (χ2v) is 4.88. The molecule has 98 valence electrons. The first-order chi connectivity index (χ1) is 8.61. The molecule has 2 rings (SSSR count). The Labute approximate surface area is 110 Å². The van der Waals surface area contributed by atoms with Crippen LogP contribution in [0.25, 0.3) is 0 Å². The lowest BCUT2D eigenvalue weighted by molar-refractivity contribution is -0.117. The van der Waals surface area contributed by atoms with Crippen molar-refractivity contribution < 1.29 is 13.9 Å². The van der Waals surface area contributed by atoms with Crippen molar-refractivity contribution >= 4 is 23.2 Å². The fourth-order valence-corrected chi connectivity index (χ4v) is 2.21. The molecule has 0 N–H and O–H groups in total. The molecule has 1 unspecified atom stereocenters. The van der Waals surface area contributed by atoms with E-state index >= 15 is 0 Å². The van der Waals surface area contributed by atoms with Crippen molar-refractivity contribution in [3.8, 4) is 5.75 Å². The van der Waals surface area contributed by atoms with Crippen LogP contribution in [0.3, 0.4) is 0 Å². The maximum atomic E-state index is 13.2. The standard InChI is InChI=1S/C13H15ClFNO2/c1-2-5-18-12-7-10(15)3-4-11(12)16-8-9(14)6-13(16)17/h3-4,7,9H,2,5-6,8H2,1H3. The summed E-state index contributed by atoms with van der Waals surface area (Å²) in [5.74, 6) is -0.0298. The number of carbonyl (C=O) groups excluding carboxylic acids is 1. The van der Waals surface area contributed by atoms with E-state index < -0.39 is 0 Å². The van der Waals surface area contributed by atoms with Crippen molar-refractivity contribution in [1.82, 2.24) is 0 Å². The van der Waals surface area contributed by atoms with E-state index in [0.29, 0.717) is 31.0 Å². The van der Waals surface area contributed by atoms with Crippen molar-refractivity contribution in [2.75, 3.05) is 18.1 Å². The Morgan fingerprint density at radius 3 is 2.94 bits per heavy atom. The number of hydrogen-bond acceptors (Lipinski definition) is 2. The zero-order chi connectivity index (χ0) is 13.1. The minimum absolute atomic E-state index is 0.0528. The fraction of sp³-hybridized carbons (Fsp3) is 0.462. The maximum Gasteiger partial charge on any atom is 0.228 e. The summed E-state index contributed by atoms with van der Waals surface area (Å²) >= 11 is 5.96. The van der Waals surface area contributed by atoms with Gasteiger partial charge >= 0.3 is 0 Å². The molecule has 0 aromatic heterocycles. The predicted molar refractivity (Wildman–Crippen MR) is 68.8 cm³/mol. The van der Waals surface area contributed by atoms with Crippen LogP contribution in [0.4, 0.5) is 10.1 Å². The van der Waals surface area contributed by atoms with Gasteiger partial charge in [-0.1, -0.05) is 6.92 Å². The molecule has 3 nitrogen and oxygen atoms in total. The number of halogens is 2. The van der Waals surface area contributed by atoms with E-state index in [1.807, 2.05) is 6.92 Å². The molecule has 1 aromatic rings. The number of rotatable bonds is 4. The Balaban J connectivity index is 2.28. The van der Waals surface area contributed by atoms with Gasteiger partial charge in [0.25, 0.3) is 0 Å². The highest BCUT2D eigenvalue weighted by Gasteiger charge is 2.31. The minimum Gasteiger partial charge on any atom is -0.491 e. The van der Waals surface area contributed by atoms with Crippen molar-refractivity contribution in [3.05, 3.63) is 24.0 Å². The van der Waals surface area contributed by atoms with E-state index in [1.165, 1.54) is 12.1 Å². The second kappa shape index (κ2) is 5.57. The first-order valence-electron chi connectivity index (χ1n) is 5.98. The second-order valence-electron chi connectivity index (χ2n) is 4.27. The zero-order valence-electron chi connectivity index (χ0n) is 10.2. The van der Waals surface area contributed by atoms with Crippen LogP contribution in [0, 0.1) is 5.82 Å². The summed E-state index contributed by atoms with van der Waals surface area (Å²) in [6.07, 6.45) is 1.13. The molecular formula is C13H15ClFNO2. The van der Waals surface area contributed by atoms with Crippen molar-refractivity contribution in [3.63, 3.8) is 0 Å². The summed E-state index contributed by atoms with van der Waals surface area (Å²) in [6, 6.07) is 4.19. The quantitative estimate of drug-likeness (QED) is 0.788. The highest BCUT2D eigenvalue weighted by atomic mass is 35.5. The van der Waals surface area contributed by atoms with Crippen LogP contribution < -0.4 is 9.64 Å². The summed E-state index contributed by atoms with van der Waals surface area (Å²) in [4.78, 5) is 13.3. The van der Waals surface area contributed by atoms with Crippen molar-refractivity contribution in [1.29, 1.82) is 0 Å². The third-order valence-electron chi connectivity index (χ3n) is 2.75. The van der Waals surface area contributed by atoms with E-state index in [9.17, 15) is 9.18 Å². The highest BCUT2D eigenvalue weighted by molar-refractivity contribution is 6.24. The minimum atomic E-state index is -0.376. The molecule has 18 heavy (non-hydrogen) atoms. The Morgan fingerprint density at radius 2 is 2.33 bits per heavy atom. The molecule has 0 radical (unpaired) electrons. The van der Waals surface area contributed by atoms with E-state index in [4.69, 9.17) is 16.3 Å². The maximum absolute atomic E-state index is 13.2. The number of ether oxygens (including phenoxy) is 1. The largest absolute Gasteiger partial charge is 0.491 e. The Kier molecular flexibility index (Phi) is 4.07. The topological polar surface area (TPSA) is 29.5 Å². The third-order valence-corrected chi connectivity index (χ3v) is 3.04. The van der Waals surface area contributed by atoms with Gasteiger partial charge in [-0.3, -0.25) is 4.79 Å². The summed E-state index contributed by atoms with van der Waals surface area (Å²) in [6.45, 7) is 2.89. The molecule has 0 saturated carbocycles. The molecule has 1 aromatic carbocycles. The number of benzene rings is 1. The molecule has 1 saturated heterocycles.